The first kappa shape index (κ1) is 20.9. The molecule has 0 aliphatic carbocycles. The van der Waals surface area contributed by atoms with Gasteiger partial charge in [-0.1, -0.05) is 11.6 Å². The number of halogens is 4. The molecule has 1 amide bonds. The van der Waals surface area contributed by atoms with E-state index in [0.717, 1.165) is 12.1 Å². The molecule has 0 spiro atoms. The number of benzene rings is 1. The first-order chi connectivity index (χ1) is 13.5. The molecule has 0 radical (unpaired) electrons. The molecule has 10 heteroatoms. The first-order valence-corrected chi connectivity index (χ1v) is 9.01. The number of alkyl halides is 3. The molecule has 0 unspecified atom stereocenters. The van der Waals surface area contributed by atoms with Crippen LogP contribution in [0.3, 0.4) is 0 Å². The Labute approximate surface area is 170 Å². The number of amides is 1. The number of rotatable bonds is 4. The van der Waals surface area contributed by atoms with E-state index in [2.05, 4.69) is 15.3 Å². The molecule has 29 heavy (non-hydrogen) atoms. The van der Waals surface area contributed by atoms with Crippen LogP contribution in [-0.2, 0) is 17.5 Å². The summed E-state index contributed by atoms with van der Waals surface area (Å²) < 4.78 is 40.7. The summed E-state index contributed by atoms with van der Waals surface area (Å²) in [7, 11) is 3.29. The molecule has 1 aromatic carbocycles. The highest BCUT2D eigenvalue weighted by atomic mass is 35.5. The number of nitrogens with zero attached hydrogens (tertiary/aromatic N) is 4. The van der Waals surface area contributed by atoms with Gasteiger partial charge in [-0.2, -0.15) is 13.2 Å². The molecule has 3 aromatic rings. The fraction of sp³-hybridized carbons (Fsp3) is 0.316. The monoisotopic (exact) mass is 425 g/mol. The summed E-state index contributed by atoms with van der Waals surface area (Å²) in [6.07, 6.45) is -1.52. The fourth-order valence-electron chi connectivity index (χ4n) is 2.99. The third kappa shape index (κ3) is 4.14. The molecular weight excluding hydrogens is 407 g/mol. The lowest BCUT2D eigenvalue weighted by molar-refractivity contribution is -0.137. The summed E-state index contributed by atoms with van der Waals surface area (Å²) in [6.45, 7) is 3.23. The molecule has 0 saturated heterocycles. The Morgan fingerprint density at radius 1 is 1.21 bits per heavy atom. The normalized spacial score (nSPS) is 11.7. The van der Waals surface area contributed by atoms with E-state index in [-0.39, 0.29) is 12.5 Å². The van der Waals surface area contributed by atoms with E-state index in [9.17, 15) is 18.0 Å². The summed E-state index contributed by atoms with van der Waals surface area (Å²) in [6, 6.07) is 2.16. The maximum atomic E-state index is 13.0. The van der Waals surface area contributed by atoms with Crippen molar-refractivity contribution in [2.45, 2.75) is 26.6 Å². The van der Waals surface area contributed by atoms with Gasteiger partial charge >= 0.3 is 6.18 Å². The van der Waals surface area contributed by atoms with Crippen molar-refractivity contribution in [1.82, 2.24) is 19.4 Å². The number of carbonyl (C=O) groups is 1. The number of aryl methyl sites for hydroxylation is 2. The van der Waals surface area contributed by atoms with Crippen molar-refractivity contribution in [3.8, 4) is 0 Å². The summed E-state index contributed by atoms with van der Waals surface area (Å²) in [4.78, 5) is 22.1. The molecule has 1 N–H and O–H groups in total. The van der Waals surface area contributed by atoms with Gasteiger partial charge in [0.2, 0.25) is 5.91 Å². The minimum atomic E-state index is -4.42. The molecule has 2 aromatic heterocycles. The van der Waals surface area contributed by atoms with Crippen molar-refractivity contribution in [1.29, 1.82) is 0 Å². The van der Waals surface area contributed by atoms with Crippen LogP contribution in [0, 0.1) is 13.8 Å². The molecule has 0 bridgehead atoms. The molecule has 2 heterocycles. The number of anilines is 2. The van der Waals surface area contributed by atoms with E-state index in [1.54, 1.807) is 32.5 Å². The topological polar surface area (TPSA) is 63.1 Å². The van der Waals surface area contributed by atoms with Gasteiger partial charge in [-0.25, -0.2) is 9.97 Å². The number of aromatic nitrogens is 3. The average molecular weight is 426 g/mol. The number of pyridine rings is 1. The quantitative estimate of drug-likeness (QED) is 0.666. The van der Waals surface area contributed by atoms with E-state index >= 15 is 0 Å². The van der Waals surface area contributed by atoms with Gasteiger partial charge in [-0.3, -0.25) is 4.79 Å². The Bertz CT molecular complexity index is 1070. The number of carbonyl (C=O) groups excluding carboxylic acids is 1. The average Bonchev–Trinajstić information content (AvgIpc) is 3.03. The van der Waals surface area contributed by atoms with Crippen molar-refractivity contribution in [3.63, 3.8) is 0 Å². The smallest absolute Gasteiger partial charge is 0.347 e. The SMILES string of the molecule is Cc1cc(C(F)(F)F)cc(C)c1Nc1ncc(Cl)c2c1ncn2CC(=O)N(C)C. The van der Waals surface area contributed by atoms with Gasteiger partial charge in [0.05, 0.1) is 28.6 Å². The second-order valence-electron chi connectivity index (χ2n) is 6.92. The van der Waals surface area contributed by atoms with Crippen LogP contribution >= 0.6 is 11.6 Å². The lowest BCUT2D eigenvalue weighted by atomic mass is 10.0. The Morgan fingerprint density at radius 2 is 1.83 bits per heavy atom. The van der Waals surface area contributed by atoms with Crippen LogP contribution < -0.4 is 5.32 Å². The zero-order valence-corrected chi connectivity index (χ0v) is 17.0. The standard InChI is InChI=1S/C19H19ClF3N5O/c1-10-5-12(19(21,22)23)6-11(2)15(10)26-18-16-17(13(20)7-24-18)28(9-25-16)8-14(29)27(3)4/h5-7,9H,8H2,1-4H3,(H,24,26). The second-order valence-corrected chi connectivity index (χ2v) is 7.33. The van der Waals surface area contributed by atoms with E-state index in [0.29, 0.717) is 38.7 Å². The molecule has 0 fully saturated rings. The largest absolute Gasteiger partial charge is 0.416 e. The third-order valence-corrected chi connectivity index (χ3v) is 4.78. The Balaban J connectivity index is 2.03. The number of hydrogen-bond donors (Lipinski definition) is 1. The minimum Gasteiger partial charge on any atom is -0.347 e. The van der Waals surface area contributed by atoms with Gasteiger partial charge in [0.25, 0.3) is 0 Å². The highest BCUT2D eigenvalue weighted by Crippen LogP contribution is 2.36. The summed E-state index contributed by atoms with van der Waals surface area (Å²) in [5.41, 5.74) is 1.57. The molecule has 0 aliphatic heterocycles. The molecule has 0 atom stereocenters. The van der Waals surface area contributed by atoms with Crippen molar-refractivity contribution in [3.05, 3.63) is 46.4 Å². The zero-order chi connectivity index (χ0) is 21.5. The number of fused-ring (bicyclic) bond motifs is 1. The minimum absolute atomic E-state index is 0.0466. The van der Waals surface area contributed by atoms with E-state index < -0.39 is 11.7 Å². The third-order valence-electron chi connectivity index (χ3n) is 4.50. The predicted octanol–water partition coefficient (Wildman–Crippen LogP) is 4.55. The molecular formula is C19H19ClF3N5O. The van der Waals surface area contributed by atoms with Gasteiger partial charge in [0.1, 0.15) is 12.1 Å². The zero-order valence-electron chi connectivity index (χ0n) is 16.2. The number of hydrogen-bond acceptors (Lipinski definition) is 4. The number of likely N-dealkylation sites (N-methyl/N-ethyl adjacent to an activating group) is 1. The maximum absolute atomic E-state index is 13.0. The molecule has 154 valence electrons. The summed E-state index contributed by atoms with van der Waals surface area (Å²) >= 11 is 6.27. The molecule has 0 saturated carbocycles. The lowest BCUT2D eigenvalue weighted by Crippen LogP contribution is -2.26. The number of nitrogens with one attached hydrogen (secondary N) is 1. The van der Waals surface area contributed by atoms with E-state index in [1.165, 1.54) is 17.4 Å². The predicted molar refractivity (Wildman–Crippen MR) is 105 cm³/mol. The van der Waals surface area contributed by atoms with Gasteiger partial charge in [0, 0.05) is 19.8 Å². The van der Waals surface area contributed by atoms with Crippen LogP contribution in [0.5, 0.6) is 0 Å². The van der Waals surface area contributed by atoms with E-state index in [4.69, 9.17) is 11.6 Å². The lowest BCUT2D eigenvalue weighted by Gasteiger charge is -2.16. The van der Waals surface area contributed by atoms with Crippen LogP contribution in [0.4, 0.5) is 24.7 Å². The molecule has 6 nitrogen and oxygen atoms in total. The second kappa shape index (κ2) is 7.55. The van der Waals surface area contributed by atoms with Gasteiger partial charge in [-0.15, -0.1) is 0 Å². The fourth-order valence-corrected chi connectivity index (χ4v) is 3.24. The van der Waals surface area contributed by atoms with Gasteiger partial charge in [-0.05, 0) is 37.1 Å². The van der Waals surface area contributed by atoms with Gasteiger partial charge in [0.15, 0.2) is 5.82 Å². The highest BCUT2D eigenvalue weighted by Gasteiger charge is 2.31. The highest BCUT2D eigenvalue weighted by molar-refractivity contribution is 6.35. The van der Waals surface area contributed by atoms with Crippen LogP contribution in [0.2, 0.25) is 5.02 Å². The summed E-state index contributed by atoms with van der Waals surface area (Å²) in [5, 5.41) is 3.39. The van der Waals surface area contributed by atoms with Crippen LogP contribution in [-0.4, -0.2) is 39.4 Å². The van der Waals surface area contributed by atoms with Crippen molar-refractivity contribution < 1.29 is 18.0 Å². The molecule has 0 aliphatic rings. The van der Waals surface area contributed by atoms with Crippen LogP contribution in [0.25, 0.3) is 11.0 Å². The Kier molecular flexibility index (Phi) is 5.44. The van der Waals surface area contributed by atoms with Crippen molar-refractivity contribution in [2.24, 2.45) is 0 Å². The maximum Gasteiger partial charge on any atom is 0.416 e. The van der Waals surface area contributed by atoms with Crippen LogP contribution in [0.1, 0.15) is 16.7 Å². The van der Waals surface area contributed by atoms with Gasteiger partial charge < -0.3 is 14.8 Å². The van der Waals surface area contributed by atoms with Crippen molar-refractivity contribution >= 4 is 40.0 Å². The summed E-state index contributed by atoms with van der Waals surface area (Å²) in [5.74, 6) is 0.201. The Morgan fingerprint density at radius 3 is 2.38 bits per heavy atom. The van der Waals surface area contributed by atoms with Crippen molar-refractivity contribution in [2.75, 3.05) is 19.4 Å². The van der Waals surface area contributed by atoms with E-state index in [1.807, 2.05) is 0 Å². The number of imidazole rings is 1. The Hall–Kier alpha value is -2.81. The molecule has 3 rings (SSSR count). The first-order valence-electron chi connectivity index (χ1n) is 8.64. The van der Waals surface area contributed by atoms with Crippen LogP contribution in [0.15, 0.2) is 24.7 Å².